The van der Waals surface area contributed by atoms with E-state index in [1.54, 1.807) is 6.92 Å². The van der Waals surface area contributed by atoms with Gasteiger partial charge in [0.1, 0.15) is 5.78 Å². The average Bonchev–Trinajstić information content (AvgIpc) is 2.16. The summed E-state index contributed by atoms with van der Waals surface area (Å²) in [6.45, 7) is 6.50. The summed E-state index contributed by atoms with van der Waals surface area (Å²) in [6, 6.07) is 0. The number of carbonyl (C=O) groups is 1. The van der Waals surface area contributed by atoms with Crippen molar-refractivity contribution < 1.29 is 4.79 Å². The van der Waals surface area contributed by atoms with E-state index in [0.717, 1.165) is 31.1 Å². The predicted octanol–water partition coefficient (Wildman–Crippen LogP) is 3.73. The van der Waals surface area contributed by atoms with Crippen molar-refractivity contribution in [1.29, 1.82) is 0 Å². The molecular weight excluding hydrogens is 216 g/mol. The van der Waals surface area contributed by atoms with Crippen molar-refractivity contribution in [2.75, 3.05) is 0 Å². The number of hydrogen-bond acceptors (Lipinski definition) is 2. The van der Waals surface area contributed by atoms with Gasteiger partial charge in [-0.1, -0.05) is 13.8 Å². The van der Waals surface area contributed by atoms with E-state index in [2.05, 4.69) is 13.8 Å². The average molecular weight is 240 g/mol. The van der Waals surface area contributed by atoms with Crippen LogP contribution in [0.15, 0.2) is 0 Å². The van der Waals surface area contributed by atoms with Crippen LogP contribution in [-0.2, 0) is 4.79 Å². The summed E-state index contributed by atoms with van der Waals surface area (Å²) in [5.41, 5.74) is 0.490. The normalized spacial score (nSPS) is 42.5. The van der Waals surface area contributed by atoms with E-state index in [9.17, 15) is 4.79 Å². The van der Waals surface area contributed by atoms with Crippen LogP contribution in [0.25, 0.3) is 0 Å². The van der Waals surface area contributed by atoms with E-state index < -0.39 is 0 Å². The minimum atomic E-state index is 0.312. The summed E-state index contributed by atoms with van der Waals surface area (Å²) in [5, 5.41) is 0.528. The van der Waals surface area contributed by atoms with Crippen molar-refractivity contribution >= 4 is 18.4 Å². The Morgan fingerprint density at radius 2 is 1.81 bits per heavy atom. The quantitative estimate of drug-likeness (QED) is 0.691. The molecule has 0 radical (unpaired) electrons. The van der Waals surface area contributed by atoms with E-state index in [-0.39, 0.29) is 0 Å². The second-order valence-corrected chi connectivity index (χ2v) is 7.16. The number of thiol groups is 1. The molecule has 0 amide bonds. The third-order valence-electron chi connectivity index (χ3n) is 4.99. The summed E-state index contributed by atoms with van der Waals surface area (Å²) < 4.78 is 0. The van der Waals surface area contributed by atoms with Gasteiger partial charge < -0.3 is 0 Å². The van der Waals surface area contributed by atoms with Crippen molar-refractivity contribution in [3.63, 3.8) is 0 Å². The fraction of sp³-hybridized carbons (Fsp3) is 0.929. The molecule has 0 aromatic heterocycles. The fourth-order valence-electron chi connectivity index (χ4n) is 3.85. The topological polar surface area (TPSA) is 17.1 Å². The number of ketones is 1. The summed E-state index contributed by atoms with van der Waals surface area (Å²) in [4.78, 5) is 11.5. The van der Waals surface area contributed by atoms with Crippen LogP contribution in [-0.4, -0.2) is 11.0 Å². The van der Waals surface area contributed by atoms with Gasteiger partial charge in [-0.25, -0.2) is 0 Å². The maximum Gasteiger partial charge on any atom is 0.132 e. The van der Waals surface area contributed by atoms with Gasteiger partial charge in [0.25, 0.3) is 0 Å². The molecule has 2 heteroatoms. The summed E-state index contributed by atoms with van der Waals surface area (Å²) in [7, 11) is 0. The van der Waals surface area contributed by atoms with Gasteiger partial charge in [0.2, 0.25) is 0 Å². The third kappa shape index (κ3) is 2.18. The second kappa shape index (κ2) is 4.36. The minimum absolute atomic E-state index is 0.312. The molecule has 2 aliphatic carbocycles. The molecule has 2 rings (SSSR count). The lowest BCUT2D eigenvalue weighted by Crippen LogP contribution is -2.49. The van der Waals surface area contributed by atoms with Crippen molar-refractivity contribution in [3.05, 3.63) is 0 Å². The molecule has 16 heavy (non-hydrogen) atoms. The van der Waals surface area contributed by atoms with Crippen molar-refractivity contribution in [1.82, 2.24) is 0 Å². The van der Waals surface area contributed by atoms with Gasteiger partial charge in [0.05, 0.1) is 0 Å². The number of fused-ring (bicyclic) bond motifs is 1. The first-order chi connectivity index (χ1) is 7.42. The highest BCUT2D eigenvalue weighted by atomic mass is 32.1. The van der Waals surface area contributed by atoms with E-state index >= 15 is 0 Å². The summed E-state index contributed by atoms with van der Waals surface area (Å²) in [5.74, 6) is 2.31. The van der Waals surface area contributed by atoms with Gasteiger partial charge in [-0.15, -0.1) is 0 Å². The Balaban J connectivity index is 2.04. The van der Waals surface area contributed by atoms with Gasteiger partial charge in [-0.3, -0.25) is 4.79 Å². The van der Waals surface area contributed by atoms with Crippen LogP contribution >= 0.6 is 12.6 Å². The summed E-state index contributed by atoms with van der Waals surface area (Å²) >= 11 is 4.76. The van der Waals surface area contributed by atoms with Crippen molar-refractivity contribution in [3.8, 4) is 0 Å². The Labute approximate surface area is 105 Å². The van der Waals surface area contributed by atoms with Gasteiger partial charge in [0, 0.05) is 11.2 Å². The third-order valence-corrected chi connectivity index (χ3v) is 5.63. The first-order valence-electron chi connectivity index (χ1n) is 6.60. The van der Waals surface area contributed by atoms with Gasteiger partial charge in [-0.05, 0) is 56.3 Å². The Kier molecular flexibility index (Phi) is 3.40. The smallest absolute Gasteiger partial charge is 0.132 e. The molecule has 2 unspecified atom stereocenters. The molecule has 0 N–H and O–H groups in total. The number of rotatable bonds is 1. The van der Waals surface area contributed by atoms with Crippen LogP contribution in [0.1, 0.15) is 52.9 Å². The van der Waals surface area contributed by atoms with Crippen LogP contribution < -0.4 is 0 Å². The molecule has 0 bridgehead atoms. The van der Waals surface area contributed by atoms with Crippen LogP contribution in [0.3, 0.4) is 0 Å². The van der Waals surface area contributed by atoms with E-state index in [1.165, 1.54) is 12.8 Å². The molecular formula is C14H24OS. The molecule has 0 saturated heterocycles. The largest absolute Gasteiger partial charge is 0.300 e. The van der Waals surface area contributed by atoms with E-state index in [0.29, 0.717) is 22.4 Å². The molecule has 0 spiro atoms. The van der Waals surface area contributed by atoms with Crippen molar-refractivity contribution in [2.24, 2.45) is 23.2 Å². The molecule has 2 aliphatic rings. The molecule has 2 fully saturated rings. The maximum atomic E-state index is 11.5. The molecule has 92 valence electrons. The molecule has 0 aliphatic heterocycles. The highest BCUT2D eigenvalue weighted by molar-refractivity contribution is 7.81. The lowest BCUT2D eigenvalue weighted by Gasteiger charge is -2.55. The number of Topliss-reactive ketones (excluding diaryl/α,β-unsaturated/α-hetero) is 1. The molecule has 1 nitrogen and oxygen atoms in total. The molecule has 2 saturated carbocycles. The monoisotopic (exact) mass is 240 g/mol. The Morgan fingerprint density at radius 3 is 2.38 bits per heavy atom. The Bertz CT molecular complexity index is 284. The molecule has 0 aromatic rings. The molecule has 0 heterocycles. The maximum absolute atomic E-state index is 11.5. The first-order valence-corrected chi connectivity index (χ1v) is 7.12. The SMILES string of the molecule is CC(=O)C1CCC(S)[C@H]2CC(C)(C)[C@@H]2CC1. The standard InChI is InChI=1S/C14H24OS/c1-9(15)10-4-6-12-11(8-14(12,2)3)13(16)7-5-10/h10-13,16H,4-8H2,1-3H3/t10?,11-,12+,13?/m0/s1. The summed E-state index contributed by atoms with van der Waals surface area (Å²) in [6.07, 6.45) is 5.87. The highest BCUT2D eigenvalue weighted by Crippen LogP contribution is 2.57. The Hall–Kier alpha value is 0.0200. The molecule has 0 aromatic carbocycles. The zero-order valence-corrected chi connectivity index (χ0v) is 11.6. The zero-order chi connectivity index (χ0) is 11.9. The van der Waals surface area contributed by atoms with E-state index in [4.69, 9.17) is 12.6 Å². The predicted molar refractivity (Wildman–Crippen MR) is 70.8 cm³/mol. The lowest BCUT2D eigenvalue weighted by atomic mass is 9.52. The van der Waals surface area contributed by atoms with E-state index in [1.807, 2.05) is 0 Å². The van der Waals surface area contributed by atoms with Gasteiger partial charge in [0.15, 0.2) is 0 Å². The minimum Gasteiger partial charge on any atom is -0.300 e. The van der Waals surface area contributed by atoms with Gasteiger partial charge >= 0.3 is 0 Å². The van der Waals surface area contributed by atoms with Crippen LogP contribution in [0.5, 0.6) is 0 Å². The number of carbonyl (C=O) groups excluding carboxylic acids is 1. The van der Waals surface area contributed by atoms with Crippen LogP contribution in [0.4, 0.5) is 0 Å². The zero-order valence-electron chi connectivity index (χ0n) is 10.7. The van der Waals surface area contributed by atoms with Crippen LogP contribution in [0.2, 0.25) is 0 Å². The second-order valence-electron chi connectivity index (χ2n) is 6.49. The lowest BCUT2D eigenvalue weighted by molar-refractivity contribution is -0.122. The van der Waals surface area contributed by atoms with Crippen molar-refractivity contribution in [2.45, 2.75) is 58.1 Å². The Morgan fingerprint density at radius 1 is 1.19 bits per heavy atom. The first kappa shape index (κ1) is 12.5. The highest BCUT2D eigenvalue weighted by Gasteiger charge is 2.49. The van der Waals surface area contributed by atoms with Gasteiger partial charge in [-0.2, -0.15) is 12.6 Å². The van der Waals surface area contributed by atoms with Crippen LogP contribution in [0, 0.1) is 23.2 Å². The fourth-order valence-corrected chi connectivity index (χ4v) is 4.31. The number of hydrogen-bond donors (Lipinski definition) is 1. The molecule has 4 atom stereocenters.